The van der Waals surface area contributed by atoms with Gasteiger partial charge in [0.15, 0.2) is 0 Å². The van der Waals surface area contributed by atoms with E-state index in [1.54, 1.807) is 4.68 Å². The molecule has 1 atom stereocenters. The summed E-state index contributed by atoms with van der Waals surface area (Å²) in [6.45, 7) is 13.8. The Labute approximate surface area is 236 Å². The molecule has 7 heteroatoms. The second kappa shape index (κ2) is 11.5. The first-order valence-corrected chi connectivity index (χ1v) is 13.8. The number of hydrogen-bond donors (Lipinski definition) is 2. The van der Waals surface area contributed by atoms with Gasteiger partial charge in [-0.05, 0) is 43.5 Å². The summed E-state index contributed by atoms with van der Waals surface area (Å²) in [6.07, 6.45) is 0. The number of nitrogens with zero attached hydrogens (tertiary/aromatic N) is 3. The molecule has 0 radical (unpaired) electrons. The SMILES string of the molecule is Cc1ccc(-n2nc(C(C)(C)C)cc2NC(=O)Nc2ccc(C#CC(C)N3CCOCC3)c3ccccc23)cc1. The number of urea groups is 1. The van der Waals surface area contributed by atoms with E-state index >= 15 is 0 Å². The third-order valence-electron chi connectivity index (χ3n) is 7.18. The van der Waals surface area contributed by atoms with Crippen molar-refractivity contribution in [3.8, 4) is 17.5 Å². The second-order valence-corrected chi connectivity index (χ2v) is 11.3. The van der Waals surface area contributed by atoms with E-state index in [0.29, 0.717) is 5.82 Å². The van der Waals surface area contributed by atoms with Crippen molar-refractivity contribution in [1.29, 1.82) is 0 Å². The first-order valence-electron chi connectivity index (χ1n) is 13.8. The number of morpholine rings is 1. The lowest BCUT2D eigenvalue weighted by Gasteiger charge is -2.29. The van der Waals surface area contributed by atoms with Crippen LogP contribution in [0.1, 0.15) is 44.5 Å². The highest BCUT2D eigenvalue weighted by Gasteiger charge is 2.22. The monoisotopic (exact) mass is 535 g/mol. The van der Waals surface area contributed by atoms with E-state index < -0.39 is 0 Å². The number of hydrogen-bond acceptors (Lipinski definition) is 4. The summed E-state index contributed by atoms with van der Waals surface area (Å²) in [5, 5.41) is 12.8. The van der Waals surface area contributed by atoms with Gasteiger partial charge in [-0.1, -0.05) is 74.6 Å². The minimum atomic E-state index is -0.335. The normalized spacial score (nSPS) is 14.8. The third-order valence-corrected chi connectivity index (χ3v) is 7.18. The minimum Gasteiger partial charge on any atom is -0.379 e. The predicted molar refractivity (Wildman–Crippen MR) is 162 cm³/mol. The van der Waals surface area contributed by atoms with Gasteiger partial charge in [0.25, 0.3) is 0 Å². The number of fused-ring (bicyclic) bond motifs is 1. The lowest BCUT2D eigenvalue weighted by Crippen LogP contribution is -2.41. The van der Waals surface area contributed by atoms with E-state index in [0.717, 1.165) is 65.3 Å². The Morgan fingerprint density at radius 1 is 0.975 bits per heavy atom. The quantitative estimate of drug-likeness (QED) is 0.299. The molecule has 3 aromatic carbocycles. The Morgan fingerprint density at radius 3 is 2.38 bits per heavy atom. The van der Waals surface area contributed by atoms with Gasteiger partial charge < -0.3 is 10.1 Å². The van der Waals surface area contributed by atoms with Crippen molar-refractivity contribution in [1.82, 2.24) is 14.7 Å². The van der Waals surface area contributed by atoms with Crippen molar-refractivity contribution in [3.63, 3.8) is 0 Å². The molecule has 2 N–H and O–H groups in total. The van der Waals surface area contributed by atoms with Crippen LogP contribution in [0.3, 0.4) is 0 Å². The van der Waals surface area contributed by atoms with Gasteiger partial charge in [-0.15, -0.1) is 0 Å². The molecule has 1 fully saturated rings. The standard InChI is InChI=1S/C33H37N5O2/c1-23-10-15-26(16-11-23)38-31(22-30(36-38)33(3,4)5)35-32(39)34-29-17-14-25(27-8-6-7-9-28(27)29)13-12-24(2)37-18-20-40-21-19-37/h6-11,14-17,22,24H,18-21H2,1-5H3,(H2,34,35,39). The van der Waals surface area contributed by atoms with Crippen molar-refractivity contribution in [2.75, 3.05) is 36.9 Å². The molecule has 0 bridgehead atoms. The van der Waals surface area contributed by atoms with Crippen LogP contribution in [0.5, 0.6) is 0 Å². The summed E-state index contributed by atoms with van der Waals surface area (Å²) in [7, 11) is 0. The van der Waals surface area contributed by atoms with Crippen LogP contribution in [-0.4, -0.2) is 53.1 Å². The van der Waals surface area contributed by atoms with Crippen molar-refractivity contribution in [2.24, 2.45) is 0 Å². The highest BCUT2D eigenvalue weighted by molar-refractivity contribution is 6.07. The largest absolute Gasteiger partial charge is 0.379 e. The molecule has 0 aliphatic carbocycles. The van der Waals surface area contributed by atoms with Crippen LogP contribution in [0.4, 0.5) is 16.3 Å². The lowest BCUT2D eigenvalue weighted by molar-refractivity contribution is 0.0302. The number of aryl methyl sites for hydroxylation is 1. The molecule has 2 heterocycles. The Hall–Kier alpha value is -4.12. The van der Waals surface area contributed by atoms with Crippen LogP contribution in [0, 0.1) is 18.8 Å². The van der Waals surface area contributed by atoms with Gasteiger partial charge in [-0.25, -0.2) is 9.48 Å². The van der Waals surface area contributed by atoms with Crippen LogP contribution < -0.4 is 10.6 Å². The van der Waals surface area contributed by atoms with Gasteiger partial charge in [0.1, 0.15) is 5.82 Å². The topological polar surface area (TPSA) is 71.4 Å². The van der Waals surface area contributed by atoms with E-state index in [1.165, 1.54) is 0 Å². The summed E-state index contributed by atoms with van der Waals surface area (Å²) >= 11 is 0. The van der Waals surface area contributed by atoms with Crippen LogP contribution in [0.15, 0.2) is 66.7 Å². The van der Waals surface area contributed by atoms with Crippen molar-refractivity contribution < 1.29 is 9.53 Å². The number of aromatic nitrogens is 2. The van der Waals surface area contributed by atoms with Crippen LogP contribution in [-0.2, 0) is 10.2 Å². The summed E-state index contributed by atoms with van der Waals surface area (Å²) in [5.74, 6) is 7.39. The summed E-state index contributed by atoms with van der Waals surface area (Å²) in [4.78, 5) is 15.6. The minimum absolute atomic E-state index is 0.141. The zero-order valence-corrected chi connectivity index (χ0v) is 23.9. The molecule has 1 saturated heterocycles. The van der Waals surface area contributed by atoms with E-state index in [9.17, 15) is 4.79 Å². The Morgan fingerprint density at radius 2 is 1.68 bits per heavy atom. The summed E-state index contributed by atoms with van der Waals surface area (Å²) in [5.41, 5.74) is 4.43. The fraction of sp³-hybridized carbons (Fsp3) is 0.333. The highest BCUT2D eigenvalue weighted by atomic mass is 16.5. The number of carbonyl (C=O) groups excluding carboxylic acids is 1. The number of nitrogens with one attached hydrogen (secondary N) is 2. The van der Waals surface area contributed by atoms with Gasteiger partial charge in [-0.3, -0.25) is 10.2 Å². The molecule has 0 saturated carbocycles. The Balaban J connectivity index is 1.39. The molecule has 5 rings (SSSR count). The van der Waals surface area contributed by atoms with Crippen molar-refractivity contribution >= 4 is 28.3 Å². The maximum absolute atomic E-state index is 13.3. The highest BCUT2D eigenvalue weighted by Crippen LogP contribution is 2.29. The average Bonchev–Trinajstić information content (AvgIpc) is 3.37. The third kappa shape index (κ3) is 6.20. The molecule has 7 nitrogen and oxygen atoms in total. The van der Waals surface area contributed by atoms with Crippen LogP contribution in [0.25, 0.3) is 16.5 Å². The molecule has 1 unspecified atom stereocenters. The zero-order valence-electron chi connectivity index (χ0n) is 23.9. The molecule has 4 aromatic rings. The van der Waals surface area contributed by atoms with E-state index in [1.807, 2.05) is 73.7 Å². The first-order chi connectivity index (χ1) is 19.2. The average molecular weight is 536 g/mol. The number of ether oxygens (including phenoxy) is 1. The van der Waals surface area contributed by atoms with Crippen LogP contribution in [0.2, 0.25) is 0 Å². The van der Waals surface area contributed by atoms with Gasteiger partial charge in [0.2, 0.25) is 0 Å². The maximum Gasteiger partial charge on any atom is 0.324 e. The Bertz CT molecular complexity index is 1560. The molecular weight excluding hydrogens is 498 g/mol. The number of benzene rings is 3. The first kappa shape index (κ1) is 27.4. The van der Waals surface area contributed by atoms with E-state index in [4.69, 9.17) is 9.84 Å². The predicted octanol–water partition coefficient (Wildman–Crippen LogP) is 6.35. The van der Waals surface area contributed by atoms with E-state index in [2.05, 4.69) is 55.1 Å². The molecule has 206 valence electrons. The maximum atomic E-state index is 13.3. The van der Waals surface area contributed by atoms with Crippen molar-refractivity contribution in [3.05, 3.63) is 83.6 Å². The number of carbonyl (C=O) groups is 1. The molecule has 1 aliphatic heterocycles. The zero-order chi connectivity index (χ0) is 28.3. The number of amides is 2. The molecule has 1 aromatic heterocycles. The smallest absolute Gasteiger partial charge is 0.324 e. The summed E-state index contributed by atoms with van der Waals surface area (Å²) in [6, 6.07) is 21.8. The fourth-order valence-corrected chi connectivity index (χ4v) is 4.74. The lowest BCUT2D eigenvalue weighted by atomic mass is 9.92. The fourth-order valence-electron chi connectivity index (χ4n) is 4.74. The Kier molecular flexibility index (Phi) is 7.92. The summed E-state index contributed by atoms with van der Waals surface area (Å²) < 4.78 is 7.25. The van der Waals surface area contributed by atoms with Gasteiger partial charge >= 0.3 is 6.03 Å². The van der Waals surface area contributed by atoms with Gasteiger partial charge in [0.05, 0.1) is 36.3 Å². The number of anilines is 2. The van der Waals surface area contributed by atoms with Crippen molar-refractivity contribution in [2.45, 2.75) is 46.1 Å². The molecule has 2 amide bonds. The molecule has 1 aliphatic rings. The molecular formula is C33H37N5O2. The van der Waals surface area contributed by atoms with E-state index in [-0.39, 0.29) is 17.5 Å². The second-order valence-electron chi connectivity index (χ2n) is 11.3. The van der Waals surface area contributed by atoms with Crippen LogP contribution >= 0.6 is 0 Å². The van der Waals surface area contributed by atoms with Gasteiger partial charge in [0, 0.05) is 35.5 Å². The molecule has 40 heavy (non-hydrogen) atoms. The number of rotatable bonds is 4. The van der Waals surface area contributed by atoms with Gasteiger partial charge in [-0.2, -0.15) is 5.10 Å². The molecule has 0 spiro atoms.